The van der Waals surface area contributed by atoms with Crippen LogP contribution in [0.5, 0.6) is 0 Å². The van der Waals surface area contributed by atoms with E-state index in [4.69, 9.17) is 15.4 Å². The summed E-state index contributed by atoms with van der Waals surface area (Å²) in [4.78, 5) is 17.2. The molecule has 1 saturated carbocycles. The van der Waals surface area contributed by atoms with Crippen LogP contribution >= 0.6 is 0 Å². The summed E-state index contributed by atoms with van der Waals surface area (Å²) >= 11 is 0. The van der Waals surface area contributed by atoms with Crippen LogP contribution in [-0.4, -0.2) is 33.5 Å². The summed E-state index contributed by atoms with van der Waals surface area (Å²) in [5, 5.41) is 9.39. The van der Waals surface area contributed by atoms with E-state index in [9.17, 15) is 8.42 Å². The van der Waals surface area contributed by atoms with Gasteiger partial charge in [-0.25, -0.2) is 23.5 Å². The Balaban J connectivity index is 1.44. The van der Waals surface area contributed by atoms with E-state index in [1.807, 2.05) is 18.3 Å². The van der Waals surface area contributed by atoms with Crippen molar-refractivity contribution in [1.29, 1.82) is 0 Å². The molecule has 0 amide bonds. The average molecular weight is 449 g/mol. The second-order valence-corrected chi connectivity index (χ2v) is 9.25. The van der Waals surface area contributed by atoms with Crippen LogP contribution < -0.4 is 10.9 Å². The first kappa shape index (κ1) is 20.2. The minimum absolute atomic E-state index is 0.0223. The Bertz CT molecular complexity index is 1360. The number of hydrogen-bond acceptors (Lipinski definition) is 9. The molecule has 0 spiro atoms. The predicted octanol–water partition coefficient (Wildman–Crippen LogP) is 2.29. The third-order valence-electron chi connectivity index (χ3n) is 5.77. The van der Waals surface area contributed by atoms with Gasteiger partial charge in [0.2, 0.25) is 16.0 Å². The Morgan fingerprint density at radius 3 is 2.19 bits per heavy atom. The molecule has 0 atom stereocenters. The summed E-state index contributed by atoms with van der Waals surface area (Å²) in [6.07, 6.45) is 7.89. The lowest BCUT2D eigenvalue weighted by molar-refractivity contribution is 0.272. The molecule has 1 aliphatic carbocycles. The third-order valence-corrected chi connectivity index (χ3v) is 6.70. The number of nitrogens with zero attached hydrogens (tertiary/aromatic N) is 5. The molecule has 1 fully saturated rings. The zero-order chi connectivity index (χ0) is 22.3. The molecule has 4 N–H and O–H groups in total. The summed E-state index contributed by atoms with van der Waals surface area (Å²) in [6.45, 7) is 0. The highest BCUT2D eigenvalue weighted by Crippen LogP contribution is 2.48. The van der Waals surface area contributed by atoms with Crippen molar-refractivity contribution in [2.75, 3.05) is 5.73 Å². The summed E-state index contributed by atoms with van der Waals surface area (Å²) in [5.41, 5.74) is 8.31. The van der Waals surface area contributed by atoms with E-state index < -0.39 is 10.0 Å². The molecule has 0 saturated heterocycles. The number of sulfonamides is 1. The quantitative estimate of drug-likeness (QED) is 0.465. The fourth-order valence-electron chi connectivity index (χ4n) is 3.81. The number of rotatable bonds is 5. The molecule has 10 nitrogen and oxygen atoms in total. The third kappa shape index (κ3) is 3.51. The number of pyridine rings is 1. The monoisotopic (exact) mass is 449 g/mol. The van der Waals surface area contributed by atoms with Crippen molar-refractivity contribution >= 4 is 16.0 Å². The zero-order valence-electron chi connectivity index (χ0n) is 16.8. The highest BCUT2D eigenvalue weighted by atomic mass is 32.2. The van der Waals surface area contributed by atoms with Gasteiger partial charge in [-0.3, -0.25) is 4.98 Å². The Kier molecular flexibility index (Phi) is 4.72. The van der Waals surface area contributed by atoms with E-state index in [2.05, 4.69) is 25.1 Å². The molecule has 1 aromatic carbocycles. The fourth-order valence-corrected chi connectivity index (χ4v) is 4.33. The fraction of sp³-hybridized carbons (Fsp3) is 0.190. The predicted molar refractivity (Wildman–Crippen MR) is 115 cm³/mol. The van der Waals surface area contributed by atoms with Gasteiger partial charge in [-0.15, -0.1) is 0 Å². The van der Waals surface area contributed by atoms with E-state index in [0.717, 1.165) is 36.1 Å². The number of aromatic nitrogens is 5. The van der Waals surface area contributed by atoms with Gasteiger partial charge in [0, 0.05) is 29.7 Å². The van der Waals surface area contributed by atoms with Gasteiger partial charge in [0.05, 0.1) is 16.0 Å². The van der Waals surface area contributed by atoms with Crippen molar-refractivity contribution in [3.05, 3.63) is 66.4 Å². The van der Waals surface area contributed by atoms with Crippen molar-refractivity contribution in [1.82, 2.24) is 25.1 Å². The molecule has 162 valence electrons. The van der Waals surface area contributed by atoms with Gasteiger partial charge in [-0.05, 0) is 48.7 Å². The Labute approximate surface area is 183 Å². The molecule has 1 aliphatic rings. The first-order valence-corrected chi connectivity index (χ1v) is 11.4. The van der Waals surface area contributed by atoms with E-state index in [1.54, 1.807) is 24.5 Å². The van der Waals surface area contributed by atoms with Crippen LogP contribution in [0.3, 0.4) is 0 Å². The summed E-state index contributed by atoms with van der Waals surface area (Å²) in [5.74, 6) is 1.11. The maximum absolute atomic E-state index is 11.5. The lowest BCUT2D eigenvalue weighted by Gasteiger charge is -2.39. The molecule has 0 radical (unpaired) electrons. The molecular formula is C21H19N7O3S. The van der Waals surface area contributed by atoms with Crippen molar-refractivity contribution in [2.45, 2.75) is 29.6 Å². The number of nitrogens with two attached hydrogens (primary N) is 2. The first-order chi connectivity index (χ1) is 15.3. The first-order valence-electron chi connectivity index (χ1n) is 9.87. The topological polar surface area (TPSA) is 164 Å². The molecule has 5 rings (SSSR count). The second-order valence-electron chi connectivity index (χ2n) is 7.69. The summed E-state index contributed by atoms with van der Waals surface area (Å²) in [7, 11) is -3.76. The SMILES string of the molecule is Nc1ncc(-c2ccc(C3(c4noc(-c5ccc(S(N)(=O)=O)cc5)n4)CCC3)cn2)cn1. The van der Waals surface area contributed by atoms with Crippen molar-refractivity contribution in [3.63, 3.8) is 0 Å². The van der Waals surface area contributed by atoms with Crippen molar-refractivity contribution in [3.8, 4) is 22.7 Å². The number of anilines is 1. The van der Waals surface area contributed by atoms with Gasteiger partial charge in [0.1, 0.15) is 0 Å². The van der Waals surface area contributed by atoms with Gasteiger partial charge >= 0.3 is 0 Å². The van der Waals surface area contributed by atoms with E-state index >= 15 is 0 Å². The molecule has 0 bridgehead atoms. The van der Waals surface area contributed by atoms with Crippen LogP contribution in [0.25, 0.3) is 22.7 Å². The number of hydrogen-bond donors (Lipinski definition) is 2. The van der Waals surface area contributed by atoms with Gasteiger partial charge in [0.25, 0.3) is 5.89 Å². The maximum Gasteiger partial charge on any atom is 0.257 e. The highest BCUT2D eigenvalue weighted by Gasteiger charge is 2.44. The van der Waals surface area contributed by atoms with E-state index in [-0.39, 0.29) is 16.3 Å². The standard InChI is InChI=1S/C21H19N7O3S/c22-20-25-10-14(11-26-20)17-7-4-15(12-24-17)21(8-1-9-21)19-27-18(31-28-19)13-2-5-16(6-3-13)32(23,29)30/h2-7,10-12H,1,8-9H2,(H2,22,25,26)(H2,23,29,30). The highest BCUT2D eigenvalue weighted by molar-refractivity contribution is 7.89. The maximum atomic E-state index is 11.5. The molecule has 32 heavy (non-hydrogen) atoms. The Hall–Kier alpha value is -3.70. The molecule has 4 aromatic rings. The molecule has 0 aliphatic heterocycles. The molecule has 3 aromatic heterocycles. The van der Waals surface area contributed by atoms with Gasteiger partial charge in [0.15, 0.2) is 5.82 Å². The number of nitrogen functional groups attached to an aromatic ring is 1. The second kappa shape index (κ2) is 7.46. The Morgan fingerprint density at radius 2 is 1.62 bits per heavy atom. The van der Waals surface area contributed by atoms with Crippen LogP contribution in [-0.2, 0) is 15.4 Å². The van der Waals surface area contributed by atoms with Crippen molar-refractivity contribution < 1.29 is 12.9 Å². The van der Waals surface area contributed by atoms with Gasteiger partial charge in [-0.2, -0.15) is 4.98 Å². The summed E-state index contributed by atoms with van der Waals surface area (Å²) in [6, 6.07) is 9.94. The molecular weight excluding hydrogens is 430 g/mol. The lowest BCUT2D eigenvalue weighted by Crippen LogP contribution is -2.36. The smallest absolute Gasteiger partial charge is 0.257 e. The van der Waals surface area contributed by atoms with Crippen LogP contribution in [0.15, 0.2) is 64.4 Å². The Morgan fingerprint density at radius 1 is 0.906 bits per heavy atom. The largest absolute Gasteiger partial charge is 0.368 e. The summed E-state index contributed by atoms with van der Waals surface area (Å²) < 4.78 is 28.4. The van der Waals surface area contributed by atoms with Crippen LogP contribution in [0.1, 0.15) is 30.7 Å². The van der Waals surface area contributed by atoms with Gasteiger partial charge < -0.3 is 10.3 Å². The zero-order valence-corrected chi connectivity index (χ0v) is 17.7. The minimum Gasteiger partial charge on any atom is -0.368 e. The molecule has 0 unspecified atom stereocenters. The van der Waals surface area contributed by atoms with Gasteiger partial charge in [-0.1, -0.05) is 17.6 Å². The normalized spacial score (nSPS) is 15.3. The van der Waals surface area contributed by atoms with Crippen LogP contribution in [0.2, 0.25) is 0 Å². The number of primary sulfonamides is 1. The minimum atomic E-state index is -3.76. The molecule has 3 heterocycles. The van der Waals surface area contributed by atoms with E-state index in [0.29, 0.717) is 17.3 Å². The molecule has 11 heteroatoms. The van der Waals surface area contributed by atoms with E-state index in [1.165, 1.54) is 12.1 Å². The van der Waals surface area contributed by atoms with Crippen molar-refractivity contribution in [2.24, 2.45) is 5.14 Å². The lowest BCUT2D eigenvalue weighted by atomic mass is 9.64. The number of benzene rings is 1. The van der Waals surface area contributed by atoms with Crippen LogP contribution in [0, 0.1) is 0 Å². The van der Waals surface area contributed by atoms with Crippen LogP contribution in [0.4, 0.5) is 5.95 Å². The average Bonchev–Trinajstić information content (AvgIpc) is 3.24.